The van der Waals surface area contributed by atoms with Crippen molar-refractivity contribution in [1.82, 2.24) is 5.32 Å². The molecule has 4 nitrogen and oxygen atoms in total. The van der Waals surface area contributed by atoms with Crippen LogP contribution < -0.4 is 15.4 Å². The summed E-state index contributed by atoms with van der Waals surface area (Å²) in [6.07, 6.45) is -5.24. The van der Waals surface area contributed by atoms with Gasteiger partial charge in [-0.25, -0.2) is 0 Å². The minimum absolute atomic E-state index is 0.170. The van der Waals surface area contributed by atoms with Crippen LogP contribution in [-0.4, -0.2) is 36.0 Å². The lowest BCUT2D eigenvalue weighted by atomic mass is 10.0. The minimum Gasteiger partial charge on any atom is -0.489 e. The largest absolute Gasteiger partial charge is 0.489 e. The molecule has 0 saturated carbocycles. The number of anilines is 1. The summed E-state index contributed by atoms with van der Waals surface area (Å²) in [6.45, 7) is 5.67. The van der Waals surface area contributed by atoms with Crippen LogP contribution in [-0.2, 0) is 0 Å². The number of fused-ring (bicyclic) bond motifs is 1. The van der Waals surface area contributed by atoms with Gasteiger partial charge in [0.2, 0.25) is 0 Å². The van der Waals surface area contributed by atoms with Crippen LogP contribution in [0.5, 0.6) is 5.75 Å². The van der Waals surface area contributed by atoms with Gasteiger partial charge in [0.05, 0.1) is 11.8 Å². The average molecular weight is 318 g/mol. The zero-order valence-electron chi connectivity index (χ0n) is 12.8. The molecule has 0 saturated heterocycles. The van der Waals surface area contributed by atoms with E-state index in [0.29, 0.717) is 5.56 Å². The third-order valence-corrected chi connectivity index (χ3v) is 3.35. The number of β-amino-alcohol motifs (C(OH)–C–C–N with tert-alkyl or cyclic N) is 1. The highest BCUT2D eigenvalue weighted by molar-refractivity contribution is 5.62. The highest BCUT2D eigenvalue weighted by atomic mass is 19.4. The molecule has 1 aromatic rings. The molecule has 1 heterocycles. The number of rotatable bonds is 3. The molecular formula is C15H21F3N2O2. The number of hydrogen-bond donors (Lipinski definition) is 3. The molecule has 2 atom stereocenters. The fourth-order valence-electron chi connectivity index (χ4n) is 2.18. The van der Waals surface area contributed by atoms with Crippen LogP contribution in [0.3, 0.4) is 0 Å². The summed E-state index contributed by atoms with van der Waals surface area (Å²) in [7, 11) is 0. The number of para-hydroxylation sites is 1. The summed E-state index contributed by atoms with van der Waals surface area (Å²) in [4.78, 5) is 0. The summed E-state index contributed by atoms with van der Waals surface area (Å²) in [5, 5.41) is 15.9. The van der Waals surface area contributed by atoms with Crippen LogP contribution in [0.25, 0.3) is 0 Å². The molecule has 0 bridgehead atoms. The predicted octanol–water partition coefficient (Wildman–Crippen LogP) is 2.84. The molecule has 22 heavy (non-hydrogen) atoms. The molecule has 1 aliphatic rings. The van der Waals surface area contributed by atoms with E-state index in [4.69, 9.17) is 4.74 Å². The molecule has 3 N–H and O–H groups in total. The Bertz CT molecular complexity index is 526. The smallest absolute Gasteiger partial charge is 0.411 e. The SMILES string of the molecule is CC(C)(C)NC[C@H](O)c1cccc2c1OC[C@@H](C(F)(F)F)N2. The first kappa shape index (κ1) is 16.9. The summed E-state index contributed by atoms with van der Waals surface area (Å²) in [6, 6.07) is 3.04. The third-order valence-electron chi connectivity index (χ3n) is 3.35. The van der Waals surface area contributed by atoms with Gasteiger partial charge < -0.3 is 20.5 Å². The van der Waals surface area contributed by atoms with Crippen molar-refractivity contribution in [2.75, 3.05) is 18.5 Å². The zero-order chi connectivity index (χ0) is 16.5. The Labute approximate surface area is 127 Å². The van der Waals surface area contributed by atoms with Gasteiger partial charge in [-0.05, 0) is 26.8 Å². The van der Waals surface area contributed by atoms with E-state index in [0.717, 1.165) is 0 Å². The number of halogens is 3. The number of aliphatic hydroxyl groups is 1. The number of ether oxygens (including phenoxy) is 1. The highest BCUT2D eigenvalue weighted by Crippen LogP contribution is 2.38. The minimum atomic E-state index is -4.37. The van der Waals surface area contributed by atoms with E-state index in [1.54, 1.807) is 12.1 Å². The maximum absolute atomic E-state index is 12.7. The first-order valence-electron chi connectivity index (χ1n) is 7.10. The van der Waals surface area contributed by atoms with Crippen molar-refractivity contribution in [3.8, 4) is 5.75 Å². The lowest BCUT2D eigenvalue weighted by Crippen LogP contribution is -2.44. The second-order valence-electron chi connectivity index (χ2n) is 6.42. The molecule has 0 amide bonds. The van der Waals surface area contributed by atoms with E-state index in [2.05, 4.69) is 10.6 Å². The number of alkyl halides is 3. The number of nitrogens with one attached hydrogen (secondary N) is 2. The Morgan fingerprint density at radius 2 is 2.05 bits per heavy atom. The Morgan fingerprint density at radius 1 is 1.36 bits per heavy atom. The zero-order valence-corrected chi connectivity index (χ0v) is 12.8. The molecular weight excluding hydrogens is 297 g/mol. The van der Waals surface area contributed by atoms with E-state index in [1.807, 2.05) is 20.8 Å². The van der Waals surface area contributed by atoms with Gasteiger partial charge in [0, 0.05) is 17.6 Å². The fraction of sp³-hybridized carbons (Fsp3) is 0.600. The van der Waals surface area contributed by atoms with E-state index < -0.39 is 24.9 Å². The lowest BCUT2D eigenvalue weighted by Gasteiger charge is -2.31. The normalized spacial score (nSPS) is 19.9. The van der Waals surface area contributed by atoms with E-state index >= 15 is 0 Å². The van der Waals surface area contributed by atoms with Gasteiger partial charge in [-0.3, -0.25) is 0 Å². The highest BCUT2D eigenvalue weighted by Gasteiger charge is 2.43. The molecule has 0 spiro atoms. The van der Waals surface area contributed by atoms with E-state index in [1.165, 1.54) is 6.07 Å². The van der Waals surface area contributed by atoms with Gasteiger partial charge in [0.1, 0.15) is 12.4 Å². The molecule has 2 rings (SSSR count). The van der Waals surface area contributed by atoms with Crippen LogP contribution >= 0.6 is 0 Å². The van der Waals surface area contributed by atoms with Crippen molar-refractivity contribution in [3.05, 3.63) is 23.8 Å². The Hall–Kier alpha value is -1.47. The summed E-state index contributed by atoms with van der Waals surface area (Å²) in [5.41, 5.74) is 0.555. The molecule has 7 heteroatoms. The Balaban J connectivity index is 2.16. The molecule has 0 aliphatic carbocycles. The van der Waals surface area contributed by atoms with Crippen molar-refractivity contribution in [3.63, 3.8) is 0 Å². The topological polar surface area (TPSA) is 53.5 Å². The maximum Gasteiger partial charge on any atom is 0.411 e. The molecule has 124 valence electrons. The van der Waals surface area contributed by atoms with E-state index in [-0.39, 0.29) is 23.5 Å². The fourth-order valence-corrected chi connectivity index (χ4v) is 2.18. The monoisotopic (exact) mass is 318 g/mol. The predicted molar refractivity (Wildman–Crippen MR) is 78.1 cm³/mol. The number of aliphatic hydroxyl groups excluding tert-OH is 1. The van der Waals surface area contributed by atoms with Crippen LogP contribution in [0.2, 0.25) is 0 Å². The molecule has 0 aromatic heterocycles. The Morgan fingerprint density at radius 3 is 2.64 bits per heavy atom. The second-order valence-corrected chi connectivity index (χ2v) is 6.42. The van der Waals surface area contributed by atoms with Crippen molar-refractivity contribution in [2.45, 2.75) is 44.6 Å². The first-order chi connectivity index (χ1) is 10.1. The molecule has 1 aliphatic heterocycles. The van der Waals surface area contributed by atoms with Crippen molar-refractivity contribution < 1.29 is 23.0 Å². The maximum atomic E-state index is 12.7. The average Bonchev–Trinajstić information content (AvgIpc) is 2.41. The van der Waals surface area contributed by atoms with Crippen molar-refractivity contribution in [1.29, 1.82) is 0 Å². The summed E-state index contributed by atoms with van der Waals surface area (Å²) in [5.74, 6) is 0.284. The van der Waals surface area contributed by atoms with Crippen molar-refractivity contribution >= 4 is 5.69 Å². The van der Waals surface area contributed by atoms with Gasteiger partial charge in [-0.15, -0.1) is 0 Å². The van der Waals surface area contributed by atoms with Gasteiger partial charge in [0.15, 0.2) is 6.04 Å². The Kier molecular flexibility index (Phi) is 4.58. The molecule has 0 radical (unpaired) electrons. The van der Waals surface area contributed by atoms with Crippen LogP contribution in [0.4, 0.5) is 18.9 Å². The molecule has 0 fully saturated rings. The van der Waals surface area contributed by atoms with Gasteiger partial charge in [0.25, 0.3) is 0 Å². The second kappa shape index (κ2) is 5.96. The third kappa shape index (κ3) is 4.04. The standard InChI is InChI=1S/C15H21F3N2O2/c1-14(2,3)19-7-11(21)9-5-4-6-10-13(9)22-8-12(20-10)15(16,17)18/h4-6,11-12,19-21H,7-8H2,1-3H3/t11-,12-/m0/s1. The van der Waals surface area contributed by atoms with Crippen LogP contribution in [0, 0.1) is 0 Å². The van der Waals surface area contributed by atoms with E-state index in [9.17, 15) is 18.3 Å². The van der Waals surface area contributed by atoms with Gasteiger partial charge in [-0.2, -0.15) is 13.2 Å². The first-order valence-corrected chi connectivity index (χ1v) is 7.10. The summed E-state index contributed by atoms with van der Waals surface area (Å²) < 4.78 is 43.5. The summed E-state index contributed by atoms with van der Waals surface area (Å²) >= 11 is 0. The van der Waals surface area contributed by atoms with Crippen LogP contribution in [0.15, 0.2) is 18.2 Å². The van der Waals surface area contributed by atoms with Gasteiger partial charge in [-0.1, -0.05) is 12.1 Å². The quantitative estimate of drug-likeness (QED) is 0.802. The lowest BCUT2D eigenvalue weighted by molar-refractivity contribution is -0.149. The molecule has 1 aromatic carbocycles. The van der Waals surface area contributed by atoms with Gasteiger partial charge >= 0.3 is 6.18 Å². The van der Waals surface area contributed by atoms with Crippen LogP contribution in [0.1, 0.15) is 32.4 Å². The van der Waals surface area contributed by atoms with Crippen molar-refractivity contribution in [2.24, 2.45) is 0 Å². The number of benzene rings is 1. The molecule has 0 unspecified atom stereocenters. The number of hydrogen-bond acceptors (Lipinski definition) is 4.